The van der Waals surface area contributed by atoms with Crippen LogP contribution < -0.4 is 0 Å². The molecular formula is C45H28N4O. The topological polar surface area (TPSA) is 56.7 Å². The van der Waals surface area contributed by atoms with Gasteiger partial charge in [0, 0.05) is 50.0 Å². The van der Waals surface area contributed by atoms with Crippen LogP contribution >= 0.6 is 0 Å². The fourth-order valence-corrected chi connectivity index (χ4v) is 7.04. The Balaban J connectivity index is 1.13. The predicted molar refractivity (Wildman–Crippen MR) is 203 cm³/mol. The zero-order valence-corrected chi connectivity index (χ0v) is 26.9. The van der Waals surface area contributed by atoms with Gasteiger partial charge in [0.1, 0.15) is 11.2 Å². The number of rotatable bonds is 5. The summed E-state index contributed by atoms with van der Waals surface area (Å²) in [5.41, 5.74) is 10.1. The Morgan fingerprint density at radius 1 is 0.340 bits per heavy atom. The number of hydrogen-bond donors (Lipinski definition) is 0. The van der Waals surface area contributed by atoms with E-state index in [0.717, 1.165) is 71.7 Å². The minimum absolute atomic E-state index is 0.628. The highest BCUT2D eigenvalue weighted by Gasteiger charge is 2.17. The molecule has 0 atom stereocenters. The lowest BCUT2D eigenvalue weighted by atomic mass is 10.0. The Morgan fingerprint density at radius 3 is 1.62 bits per heavy atom. The highest BCUT2D eigenvalue weighted by molar-refractivity contribution is 6.11. The molecule has 0 amide bonds. The van der Waals surface area contributed by atoms with Crippen molar-refractivity contribution < 1.29 is 4.42 Å². The molecule has 0 fully saturated rings. The fraction of sp³-hybridized carbons (Fsp3) is 0. The van der Waals surface area contributed by atoms with Gasteiger partial charge in [-0.2, -0.15) is 0 Å². The molecule has 0 bridgehead atoms. The second kappa shape index (κ2) is 11.4. The smallest absolute Gasteiger partial charge is 0.164 e. The molecule has 0 aliphatic carbocycles. The van der Waals surface area contributed by atoms with Crippen LogP contribution in [0.4, 0.5) is 0 Å². The lowest BCUT2D eigenvalue weighted by molar-refractivity contribution is 0.668. The lowest BCUT2D eigenvalue weighted by Crippen LogP contribution is -2.00. The van der Waals surface area contributed by atoms with E-state index in [1.807, 2.05) is 48.5 Å². The molecule has 3 heterocycles. The molecule has 0 saturated heterocycles. The highest BCUT2D eigenvalue weighted by Crippen LogP contribution is 2.37. The molecule has 10 aromatic rings. The molecule has 0 radical (unpaired) electrons. The summed E-state index contributed by atoms with van der Waals surface area (Å²) >= 11 is 0. The third-order valence-corrected chi connectivity index (χ3v) is 9.47. The highest BCUT2D eigenvalue weighted by atomic mass is 16.3. The number of nitrogens with zero attached hydrogens (tertiary/aromatic N) is 4. The zero-order valence-electron chi connectivity index (χ0n) is 26.9. The molecule has 0 saturated carbocycles. The first-order chi connectivity index (χ1) is 24.8. The fourth-order valence-electron chi connectivity index (χ4n) is 7.04. The van der Waals surface area contributed by atoms with Crippen molar-refractivity contribution in [1.82, 2.24) is 19.5 Å². The minimum Gasteiger partial charge on any atom is -0.456 e. The SMILES string of the molecule is c1ccc(-c2ccc(-c3nc(-c4ccccc4)nc(-c4ccc5c(c4)c4ccccc4n5-c4ccc5c(c4)oc4ccccc45)n3)cc2)cc1. The van der Waals surface area contributed by atoms with Crippen molar-refractivity contribution >= 4 is 43.7 Å². The van der Waals surface area contributed by atoms with Gasteiger partial charge < -0.3 is 8.98 Å². The molecule has 10 rings (SSSR count). The van der Waals surface area contributed by atoms with E-state index in [-0.39, 0.29) is 0 Å². The maximum Gasteiger partial charge on any atom is 0.164 e. The van der Waals surface area contributed by atoms with E-state index in [1.54, 1.807) is 0 Å². The van der Waals surface area contributed by atoms with E-state index >= 15 is 0 Å². The second-order valence-electron chi connectivity index (χ2n) is 12.5. The van der Waals surface area contributed by atoms with E-state index in [9.17, 15) is 0 Å². The number of aromatic nitrogens is 4. The number of para-hydroxylation sites is 2. The Labute approximate surface area is 287 Å². The van der Waals surface area contributed by atoms with Crippen molar-refractivity contribution in [2.24, 2.45) is 0 Å². The van der Waals surface area contributed by atoms with E-state index in [1.165, 1.54) is 5.56 Å². The Hall–Kier alpha value is -6.85. The van der Waals surface area contributed by atoms with Gasteiger partial charge in [0.25, 0.3) is 0 Å². The van der Waals surface area contributed by atoms with Gasteiger partial charge in [-0.1, -0.05) is 121 Å². The number of furan rings is 1. The quantitative estimate of drug-likeness (QED) is 0.188. The molecule has 0 aliphatic heterocycles. The monoisotopic (exact) mass is 640 g/mol. The standard InChI is InChI=1S/C45H28N4O/c1-3-11-29(12-4-1)30-19-21-32(22-20-30)44-46-43(31-13-5-2-6-14-31)47-45(48-44)33-23-26-40-38(27-33)35-15-7-9-17-39(35)49(40)34-24-25-37-36-16-8-10-18-41(36)50-42(37)28-34/h1-28H. The van der Waals surface area contributed by atoms with E-state index < -0.39 is 0 Å². The number of fused-ring (bicyclic) bond motifs is 6. The average molecular weight is 641 g/mol. The number of benzene rings is 7. The van der Waals surface area contributed by atoms with Crippen LogP contribution in [0.1, 0.15) is 0 Å². The van der Waals surface area contributed by atoms with Gasteiger partial charge in [0.05, 0.1) is 11.0 Å². The average Bonchev–Trinajstić information content (AvgIpc) is 3.73. The van der Waals surface area contributed by atoms with Crippen molar-refractivity contribution in [3.05, 3.63) is 170 Å². The molecular weight excluding hydrogens is 613 g/mol. The summed E-state index contributed by atoms with van der Waals surface area (Å²) in [4.78, 5) is 15.1. The van der Waals surface area contributed by atoms with Crippen LogP contribution in [0.15, 0.2) is 174 Å². The van der Waals surface area contributed by atoms with E-state index in [0.29, 0.717) is 17.5 Å². The third-order valence-electron chi connectivity index (χ3n) is 9.47. The Morgan fingerprint density at radius 2 is 0.860 bits per heavy atom. The molecule has 0 aliphatic rings. The van der Waals surface area contributed by atoms with Crippen LogP contribution in [0.3, 0.4) is 0 Å². The van der Waals surface area contributed by atoms with Crippen LogP contribution in [0.2, 0.25) is 0 Å². The van der Waals surface area contributed by atoms with Crippen molar-refractivity contribution in [2.75, 3.05) is 0 Å². The first-order valence-electron chi connectivity index (χ1n) is 16.7. The van der Waals surface area contributed by atoms with E-state index in [4.69, 9.17) is 19.4 Å². The second-order valence-corrected chi connectivity index (χ2v) is 12.5. The number of hydrogen-bond acceptors (Lipinski definition) is 4. The first-order valence-corrected chi connectivity index (χ1v) is 16.7. The zero-order chi connectivity index (χ0) is 33.0. The summed E-state index contributed by atoms with van der Waals surface area (Å²) in [5, 5.41) is 4.52. The van der Waals surface area contributed by atoms with Gasteiger partial charge in [-0.25, -0.2) is 15.0 Å². The molecule has 0 spiro atoms. The van der Waals surface area contributed by atoms with Crippen molar-refractivity contribution in [3.8, 4) is 51.0 Å². The summed E-state index contributed by atoms with van der Waals surface area (Å²) in [6.45, 7) is 0. The third kappa shape index (κ3) is 4.67. The molecule has 234 valence electrons. The minimum atomic E-state index is 0.628. The molecule has 0 N–H and O–H groups in total. The predicted octanol–water partition coefficient (Wildman–Crippen LogP) is 11.5. The van der Waals surface area contributed by atoms with Crippen molar-refractivity contribution in [3.63, 3.8) is 0 Å². The van der Waals surface area contributed by atoms with Gasteiger partial charge in [0.15, 0.2) is 17.5 Å². The molecule has 5 nitrogen and oxygen atoms in total. The van der Waals surface area contributed by atoms with Crippen molar-refractivity contribution in [2.45, 2.75) is 0 Å². The normalized spacial score (nSPS) is 11.6. The molecule has 0 unspecified atom stereocenters. The molecule has 7 aromatic carbocycles. The van der Waals surface area contributed by atoms with Gasteiger partial charge in [-0.05, 0) is 53.6 Å². The maximum absolute atomic E-state index is 6.28. The van der Waals surface area contributed by atoms with Crippen LogP contribution in [0.5, 0.6) is 0 Å². The van der Waals surface area contributed by atoms with Gasteiger partial charge in [-0.15, -0.1) is 0 Å². The Bertz CT molecular complexity index is 2850. The van der Waals surface area contributed by atoms with Gasteiger partial charge >= 0.3 is 0 Å². The molecule has 3 aromatic heterocycles. The maximum atomic E-state index is 6.28. The summed E-state index contributed by atoms with van der Waals surface area (Å²) < 4.78 is 8.59. The van der Waals surface area contributed by atoms with Gasteiger partial charge in [-0.3, -0.25) is 0 Å². The summed E-state index contributed by atoms with van der Waals surface area (Å²) in [7, 11) is 0. The largest absolute Gasteiger partial charge is 0.456 e. The van der Waals surface area contributed by atoms with Crippen LogP contribution in [0, 0.1) is 0 Å². The summed E-state index contributed by atoms with van der Waals surface area (Å²) in [6, 6.07) is 58.6. The first kappa shape index (κ1) is 28.2. The molecule has 5 heteroatoms. The lowest BCUT2D eigenvalue weighted by Gasteiger charge is -2.10. The summed E-state index contributed by atoms with van der Waals surface area (Å²) in [5.74, 6) is 1.90. The van der Waals surface area contributed by atoms with E-state index in [2.05, 4.69) is 126 Å². The van der Waals surface area contributed by atoms with Crippen LogP contribution in [0.25, 0.3) is 94.7 Å². The van der Waals surface area contributed by atoms with Crippen molar-refractivity contribution in [1.29, 1.82) is 0 Å². The van der Waals surface area contributed by atoms with Crippen LogP contribution in [-0.4, -0.2) is 19.5 Å². The summed E-state index contributed by atoms with van der Waals surface area (Å²) in [6.07, 6.45) is 0. The molecule has 50 heavy (non-hydrogen) atoms. The Kier molecular flexibility index (Phi) is 6.42. The van der Waals surface area contributed by atoms with Crippen LogP contribution in [-0.2, 0) is 0 Å². The van der Waals surface area contributed by atoms with Gasteiger partial charge in [0.2, 0.25) is 0 Å².